The number of rotatable bonds is 5. The van der Waals surface area contributed by atoms with Crippen LogP contribution in [-0.2, 0) is 11.3 Å². The first-order valence-electron chi connectivity index (χ1n) is 7.12. The molecule has 1 aromatic carbocycles. The number of anilines is 1. The molecule has 0 saturated heterocycles. The minimum Gasteiger partial charge on any atom is -0.494 e. The molecule has 0 unspecified atom stereocenters. The molecule has 6 nitrogen and oxygen atoms in total. The largest absolute Gasteiger partial charge is 0.494 e. The van der Waals surface area contributed by atoms with Gasteiger partial charge in [0.1, 0.15) is 6.61 Å². The van der Waals surface area contributed by atoms with E-state index in [0.29, 0.717) is 5.69 Å². The van der Waals surface area contributed by atoms with E-state index in [4.69, 9.17) is 10.5 Å². The SMILES string of the molecule is C[C@@H](N)[C@@H](C)Nc1cc(O)n(C(=O)OCc2ccccc2)c1. The van der Waals surface area contributed by atoms with Crippen molar-refractivity contribution in [3.63, 3.8) is 0 Å². The highest BCUT2D eigenvalue weighted by molar-refractivity contribution is 5.74. The van der Waals surface area contributed by atoms with Crippen LogP contribution in [0.25, 0.3) is 0 Å². The van der Waals surface area contributed by atoms with E-state index in [0.717, 1.165) is 10.1 Å². The molecular formula is C16H21N3O3. The van der Waals surface area contributed by atoms with Gasteiger partial charge >= 0.3 is 6.09 Å². The highest BCUT2D eigenvalue weighted by Crippen LogP contribution is 2.21. The van der Waals surface area contributed by atoms with Crippen LogP contribution in [0.4, 0.5) is 10.5 Å². The fourth-order valence-corrected chi connectivity index (χ4v) is 1.86. The van der Waals surface area contributed by atoms with Crippen LogP contribution in [-0.4, -0.2) is 27.9 Å². The zero-order valence-corrected chi connectivity index (χ0v) is 12.7. The van der Waals surface area contributed by atoms with Gasteiger partial charge in [0.15, 0.2) is 0 Å². The maximum Gasteiger partial charge on any atom is 0.421 e. The molecule has 1 heterocycles. The van der Waals surface area contributed by atoms with Crippen molar-refractivity contribution in [1.29, 1.82) is 0 Å². The Morgan fingerprint density at radius 1 is 1.36 bits per heavy atom. The van der Waals surface area contributed by atoms with E-state index in [1.807, 2.05) is 44.2 Å². The number of benzene rings is 1. The zero-order chi connectivity index (χ0) is 16.1. The summed E-state index contributed by atoms with van der Waals surface area (Å²) in [5, 5.41) is 13.0. The number of aromatic hydroxyl groups is 1. The van der Waals surface area contributed by atoms with Crippen LogP contribution < -0.4 is 11.1 Å². The summed E-state index contributed by atoms with van der Waals surface area (Å²) in [5.41, 5.74) is 7.27. The molecule has 4 N–H and O–H groups in total. The molecule has 0 spiro atoms. The lowest BCUT2D eigenvalue weighted by Crippen LogP contribution is -2.35. The van der Waals surface area contributed by atoms with E-state index < -0.39 is 6.09 Å². The summed E-state index contributed by atoms with van der Waals surface area (Å²) in [7, 11) is 0. The van der Waals surface area contributed by atoms with E-state index in [9.17, 15) is 9.90 Å². The molecule has 0 aliphatic rings. The summed E-state index contributed by atoms with van der Waals surface area (Å²) in [4.78, 5) is 12.0. The monoisotopic (exact) mass is 303 g/mol. The maximum absolute atomic E-state index is 12.0. The van der Waals surface area contributed by atoms with Crippen molar-refractivity contribution < 1.29 is 14.6 Å². The Bertz CT molecular complexity index is 623. The predicted octanol–water partition coefficient (Wildman–Crippen LogP) is 2.53. The Hall–Kier alpha value is -2.47. The minimum atomic E-state index is -0.636. The van der Waals surface area contributed by atoms with Gasteiger partial charge in [-0.3, -0.25) is 0 Å². The second kappa shape index (κ2) is 7.00. The quantitative estimate of drug-likeness (QED) is 0.789. The molecule has 6 heteroatoms. The van der Waals surface area contributed by atoms with Crippen LogP contribution >= 0.6 is 0 Å². The Kier molecular flexibility index (Phi) is 5.06. The van der Waals surface area contributed by atoms with Crippen LogP contribution in [0.3, 0.4) is 0 Å². The summed E-state index contributed by atoms with van der Waals surface area (Å²) < 4.78 is 6.23. The number of ether oxygens (including phenoxy) is 1. The van der Waals surface area contributed by atoms with Gasteiger partial charge in [0, 0.05) is 24.3 Å². The Labute approximate surface area is 129 Å². The molecule has 0 aliphatic heterocycles. The third-order valence-corrected chi connectivity index (χ3v) is 3.38. The molecule has 0 radical (unpaired) electrons. The summed E-state index contributed by atoms with van der Waals surface area (Å²) in [6, 6.07) is 10.8. The topological polar surface area (TPSA) is 89.5 Å². The number of aromatic nitrogens is 1. The fourth-order valence-electron chi connectivity index (χ4n) is 1.86. The molecule has 2 rings (SSSR count). The molecule has 118 valence electrons. The van der Waals surface area contributed by atoms with Crippen molar-refractivity contribution in [1.82, 2.24) is 4.57 Å². The third-order valence-electron chi connectivity index (χ3n) is 3.38. The molecule has 2 atom stereocenters. The highest BCUT2D eigenvalue weighted by Gasteiger charge is 2.15. The smallest absolute Gasteiger partial charge is 0.421 e. The lowest BCUT2D eigenvalue weighted by molar-refractivity contribution is 0.139. The predicted molar refractivity (Wildman–Crippen MR) is 84.9 cm³/mol. The summed E-state index contributed by atoms with van der Waals surface area (Å²) in [6.45, 7) is 3.95. The number of nitrogens with two attached hydrogens (primary N) is 1. The first-order chi connectivity index (χ1) is 10.5. The third kappa shape index (κ3) is 4.02. The number of nitrogens with one attached hydrogen (secondary N) is 1. The Balaban J connectivity index is 1.99. The first kappa shape index (κ1) is 15.9. The number of carbonyl (C=O) groups excluding carboxylic acids is 1. The van der Waals surface area contributed by atoms with Crippen LogP contribution in [0.15, 0.2) is 42.6 Å². The molecule has 0 bridgehead atoms. The van der Waals surface area contributed by atoms with E-state index in [1.54, 1.807) is 0 Å². The number of hydrogen-bond donors (Lipinski definition) is 3. The molecule has 0 saturated carbocycles. The van der Waals surface area contributed by atoms with Crippen molar-refractivity contribution >= 4 is 11.8 Å². The number of hydrogen-bond acceptors (Lipinski definition) is 5. The van der Waals surface area contributed by atoms with Gasteiger partial charge in [-0.1, -0.05) is 30.3 Å². The van der Waals surface area contributed by atoms with Gasteiger partial charge in [-0.2, -0.15) is 0 Å². The Morgan fingerprint density at radius 3 is 2.68 bits per heavy atom. The molecule has 22 heavy (non-hydrogen) atoms. The number of carbonyl (C=O) groups is 1. The maximum atomic E-state index is 12.0. The van der Waals surface area contributed by atoms with E-state index >= 15 is 0 Å². The van der Waals surface area contributed by atoms with Crippen molar-refractivity contribution in [3.05, 3.63) is 48.2 Å². The summed E-state index contributed by atoms with van der Waals surface area (Å²) in [5.74, 6) is -0.183. The lowest BCUT2D eigenvalue weighted by Gasteiger charge is -2.17. The van der Waals surface area contributed by atoms with Gasteiger partial charge in [-0.05, 0) is 19.4 Å². The standard InChI is InChI=1S/C16H21N3O3/c1-11(17)12(2)18-14-8-15(20)19(9-14)16(21)22-10-13-6-4-3-5-7-13/h3-9,11-12,18,20H,10,17H2,1-2H3/t11-,12-/m1/s1. The van der Waals surface area contributed by atoms with Crippen molar-refractivity contribution in [2.45, 2.75) is 32.5 Å². The van der Waals surface area contributed by atoms with Gasteiger partial charge in [-0.15, -0.1) is 0 Å². The highest BCUT2D eigenvalue weighted by atomic mass is 16.6. The fraction of sp³-hybridized carbons (Fsp3) is 0.312. The normalized spacial score (nSPS) is 13.4. The average Bonchev–Trinajstić information content (AvgIpc) is 2.86. The van der Waals surface area contributed by atoms with E-state index in [2.05, 4.69) is 5.32 Å². The van der Waals surface area contributed by atoms with Gasteiger partial charge in [-0.25, -0.2) is 9.36 Å². The van der Waals surface area contributed by atoms with Gasteiger partial charge < -0.3 is 20.9 Å². The second-order valence-electron chi connectivity index (χ2n) is 5.29. The van der Waals surface area contributed by atoms with Crippen LogP contribution in [0, 0.1) is 0 Å². The first-order valence-corrected chi connectivity index (χ1v) is 7.12. The van der Waals surface area contributed by atoms with Crippen molar-refractivity contribution in [2.75, 3.05) is 5.32 Å². The minimum absolute atomic E-state index is 0.00980. The van der Waals surface area contributed by atoms with Gasteiger partial charge in [0.2, 0.25) is 5.88 Å². The average molecular weight is 303 g/mol. The van der Waals surface area contributed by atoms with Crippen molar-refractivity contribution in [3.8, 4) is 5.88 Å². The molecular weight excluding hydrogens is 282 g/mol. The van der Waals surface area contributed by atoms with Crippen molar-refractivity contribution in [2.24, 2.45) is 5.73 Å². The van der Waals surface area contributed by atoms with Crippen LogP contribution in [0.5, 0.6) is 5.88 Å². The molecule has 0 amide bonds. The van der Waals surface area contributed by atoms with Crippen LogP contribution in [0.1, 0.15) is 19.4 Å². The van der Waals surface area contributed by atoms with Gasteiger partial charge in [0.05, 0.1) is 5.69 Å². The zero-order valence-electron chi connectivity index (χ0n) is 12.7. The molecule has 0 aliphatic carbocycles. The molecule has 2 aromatic rings. The van der Waals surface area contributed by atoms with E-state index in [1.165, 1.54) is 12.3 Å². The van der Waals surface area contributed by atoms with E-state index in [-0.39, 0.29) is 24.6 Å². The molecule has 0 fully saturated rings. The lowest BCUT2D eigenvalue weighted by atomic mass is 10.2. The number of nitrogens with zero attached hydrogens (tertiary/aromatic N) is 1. The molecule has 1 aromatic heterocycles. The summed E-state index contributed by atoms with van der Waals surface area (Å²) >= 11 is 0. The summed E-state index contributed by atoms with van der Waals surface area (Å²) in [6.07, 6.45) is 0.851. The van der Waals surface area contributed by atoms with Gasteiger partial charge in [0.25, 0.3) is 0 Å². The second-order valence-corrected chi connectivity index (χ2v) is 5.29. The Morgan fingerprint density at radius 2 is 2.05 bits per heavy atom. The van der Waals surface area contributed by atoms with Crippen LogP contribution in [0.2, 0.25) is 0 Å².